The first-order chi connectivity index (χ1) is 9.31. The van der Waals surface area contributed by atoms with Crippen molar-refractivity contribution < 1.29 is 9.53 Å². The van der Waals surface area contributed by atoms with E-state index >= 15 is 0 Å². The van der Waals surface area contributed by atoms with Crippen molar-refractivity contribution in [3.8, 4) is 16.2 Å². The highest BCUT2D eigenvalue weighted by Gasteiger charge is 2.09. The summed E-state index contributed by atoms with van der Waals surface area (Å²) in [6, 6.07) is 15.8. The molecule has 1 heterocycles. The molecule has 2 aromatic carbocycles. The van der Waals surface area contributed by atoms with E-state index in [9.17, 15) is 4.79 Å². The van der Waals surface area contributed by atoms with Gasteiger partial charge in [0.25, 0.3) is 0 Å². The Hall–Kier alpha value is -2.13. The van der Waals surface area contributed by atoms with Crippen LogP contribution in [0.4, 0.5) is 0 Å². The van der Waals surface area contributed by atoms with Crippen LogP contribution in [0.5, 0.6) is 5.75 Å². The Bertz CT molecular complexity index is 710. The van der Waals surface area contributed by atoms with Gasteiger partial charge in [-0.25, -0.2) is 0 Å². The topological polar surface area (TPSA) is 26.3 Å². The van der Waals surface area contributed by atoms with Crippen molar-refractivity contribution in [2.24, 2.45) is 0 Å². The van der Waals surface area contributed by atoms with Crippen LogP contribution in [0, 0.1) is 0 Å². The SMILES string of the molecule is COc1ccc(C=O)c(-c2cc3ccccc3s2)c1. The molecule has 1 aromatic heterocycles. The van der Waals surface area contributed by atoms with E-state index in [-0.39, 0.29) is 0 Å². The fraction of sp³-hybridized carbons (Fsp3) is 0.0625. The number of hydrogen-bond acceptors (Lipinski definition) is 3. The summed E-state index contributed by atoms with van der Waals surface area (Å²) in [6.07, 6.45) is 0.888. The van der Waals surface area contributed by atoms with Gasteiger partial charge in [-0.2, -0.15) is 0 Å². The molecular weight excluding hydrogens is 256 g/mol. The number of methoxy groups -OCH3 is 1. The largest absolute Gasteiger partial charge is 0.497 e. The smallest absolute Gasteiger partial charge is 0.150 e. The van der Waals surface area contributed by atoms with Crippen molar-refractivity contribution in [1.82, 2.24) is 0 Å². The summed E-state index contributed by atoms with van der Waals surface area (Å²) >= 11 is 1.68. The number of fused-ring (bicyclic) bond motifs is 1. The third kappa shape index (κ3) is 2.13. The molecule has 0 bridgehead atoms. The molecule has 94 valence electrons. The Kier molecular flexibility index (Phi) is 3.05. The maximum atomic E-state index is 11.2. The van der Waals surface area contributed by atoms with E-state index in [1.54, 1.807) is 30.6 Å². The lowest BCUT2D eigenvalue weighted by Crippen LogP contribution is -1.88. The zero-order valence-electron chi connectivity index (χ0n) is 10.4. The molecule has 3 rings (SSSR count). The average Bonchev–Trinajstić information content (AvgIpc) is 2.90. The second kappa shape index (κ2) is 4.86. The zero-order chi connectivity index (χ0) is 13.2. The van der Waals surface area contributed by atoms with Gasteiger partial charge in [-0.05, 0) is 35.7 Å². The van der Waals surface area contributed by atoms with E-state index in [2.05, 4.69) is 18.2 Å². The second-order valence-electron chi connectivity index (χ2n) is 4.22. The van der Waals surface area contributed by atoms with Crippen molar-refractivity contribution in [1.29, 1.82) is 0 Å². The number of thiophene rings is 1. The van der Waals surface area contributed by atoms with Crippen LogP contribution in [-0.2, 0) is 0 Å². The summed E-state index contributed by atoms with van der Waals surface area (Å²) in [5.74, 6) is 0.762. The van der Waals surface area contributed by atoms with Gasteiger partial charge < -0.3 is 4.74 Å². The van der Waals surface area contributed by atoms with Crippen LogP contribution in [0.3, 0.4) is 0 Å². The Balaban J connectivity index is 2.21. The molecule has 0 atom stereocenters. The predicted molar refractivity (Wildman–Crippen MR) is 79.2 cm³/mol. The molecule has 0 spiro atoms. The van der Waals surface area contributed by atoms with Crippen LogP contribution in [0.1, 0.15) is 10.4 Å². The number of hydrogen-bond donors (Lipinski definition) is 0. The van der Waals surface area contributed by atoms with Gasteiger partial charge in [0.1, 0.15) is 5.75 Å². The van der Waals surface area contributed by atoms with Crippen molar-refractivity contribution in [2.45, 2.75) is 0 Å². The molecule has 0 saturated heterocycles. The number of carbonyl (C=O) groups excluding carboxylic acids is 1. The molecule has 0 aliphatic carbocycles. The normalized spacial score (nSPS) is 10.6. The molecule has 0 radical (unpaired) electrons. The Morgan fingerprint density at radius 1 is 1.11 bits per heavy atom. The third-order valence-electron chi connectivity index (χ3n) is 3.08. The molecule has 3 heteroatoms. The Labute approximate surface area is 115 Å². The van der Waals surface area contributed by atoms with E-state index in [0.717, 1.165) is 22.5 Å². The first-order valence-corrected chi connectivity index (χ1v) is 6.75. The highest BCUT2D eigenvalue weighted by Crippen LogP contribution is 2.36. The number of benzene rings is 2. The molecule has 0 amide bonds. The lowest BCUT2D eigenvalue weighted by Gasteiger charge is -2.05. The lowest BCUT2D eigenvalue weighted by molar-refractivity contribution is 0.112. The molecule has 0 saturated carbocycles. The van der Waals surface area contributed by atoms with E-state index in [1.165, 1.54) is 10.1 Å². The standard InChI is InChI=1S/C16H12O2S/c1-18-13-7-6-12(10-17)14(9-13)16-8-11-4-2-3-5-15(11)19-16/h2-10H,1H3. The summed E-state index contributed by atoms with van der Waals surface area (Å²) < 4.78 is 6.46. The summed E-state index contributed by atoms with van der Waals surface area (Å²) in [4.78, 5) is 12.3. The minimum Gasteiger partial charge on any atom is -0.497 e. The van der Waals surface area contributed by atoms with Crippen LogP contribution >= 0.6 is 11.3 Å². The van der Waals surface area contributed by atoms with Crippen LogP contribution < -0.4 is 4.74 Å². The summed E-state index contributed by atoms with van der Waals surface area (Å²) in [7, 11) is 1.63. The summed E-state index contributed by atoms with van der Waals surface area (Å²) in [5, 5.41) is 1.20. The monoisotopic (exact) mass is 268 g/mol. The van der Waals surface area contributed by atoms with E-state index < -0.39 is 0 Å². The average molecular weight is 268 g/mol. The molecular formula is C16H12O2S. The van der Waals surface area contributed by atoms with E-state index in [0.29, 0.717) is 5.56 Å². The van der Waals surface area contributed by atoms with Crippen LogP contribution in [0.25, 0.3) is 20.5 Å². The first-order valence-electron chi connectivity index (χ1n) is 5.94. The van der Waals surface area contributed by atoms with Crippen molar-refractivity contribution >= 4 is 27.7 Å². The lowest BCUT2D eigenvalue weighted by atomic mass is 10.1. The minimum absolute atomic E-state index is 0.687. The van der Waals surface area contributed by atoms with Gasteiger partial charge in [0.05, 0.1) is 7.11 Å². The predicted octanol–water partition coefficient (Wildman–Crippen LogP) is 4.39. The van der Waals surface area contributed by atoms with Gasteiger partial charge in [0.2, 0.25) is 0 Å². The van der Waals surface area contributed by atoms with Gasteiger partial charge in [0, 0.05) is 20.7 Å². The fourth-order valence-electron chi connectivity index (χ4n) is 2.09. The van der Waals surface area contributed by atoms with Crippen molar-refractivity contribution in [3.05, 3.63) is 54.1 Å². The van der Waals surface area contributed by atoms with E-state index in [4.69, 9.17) is 4.74 Å². The molecule has 0 N–H and O–H groups in total. The minimum atomic E-state index is 0.687. The van der Waals surface area contributed by atoms with Gasteiger partial charge in [-0.1, -0.05) is 18.2 Å². The molecule has 3 aromatic rings. The third-order valence-corrected chi connectivity index (χ3v) is 4.23. The van der Waals surface area contributed by atoms with Gasteiger partial charge >= 0.3 is 0 Å². The highest BCUT2D eigenvalue weighted by atomic mass is 32.1. The van der Waals surface area contributed by atoms with E-state index in [1.807, 2.05) is 18.2 Å². The quantitative estimate of drug-likeness (QED) is 0.658. The first kappa shape index (κ1) is 11.9. The number of ether oxygens (including phenoxy) is 1. The summed E-state index contributed by atoms with van der Waals surface area (Å²) in [5.41, 5.74) is 1.61. The molecule has 0 aliphatic rings. The fourth-order valence-corrected chi connectivity index (χ4v) is 3.19. The summed E-state index contributed by atoms with van der Waals surface area (Å²) in [6.45, 7) is 0. The molecule has 0 fully saturated rings. The van der Waals surface area contributed by atoms with Crippen LogP contribution in [0.2, 0.25) is 0 Å². The van der Waals surface area contributed by atoms with Gasteiger partial charge in [-0.15, -0.1) is 11.3 Å². The molecule has 2 nitrogen and oxygen atoms in total. The van der Waals surface area contributed by atoms with Crippen molar-refractivity contribution in [2.75, 3.05) is 7.11 Å². The van der Waals surface area contributed by atoms with Gasteiger partial charge in [-0.3, -0.25) is 4.79 Å². The molecule has 19 heavy (non-hydrogen) atoms. The molecule has 0 unspecified atom stereocenters. The van der Waals surface area contributed by atoms with Crippen LogP contribution in [-0.4, -0.2) is 13.4 Å². The second-order valence-corrected chi connectivity index (χ2v) is 5.30. The molecule has 0 aliphatic heterocycles. The maximum Gasteiger partial charge on any atom is 0.150 e. The highest BCUT2D eigenvalue weighted by molar-refractivity contribution is 7.22. The van der Waals surface area contributed by atoms with Gasteiger partial charge in [0.15, 0.2) is 6.29 Å². The maximum absolute atomic E-state index is 11.2. The zero-order valence-corrected chi connectivity index (χ0v) is 11.2. The Morgan fingerprint density at radius 2 is 1.95 bits per heavy atom. The number of aldehydes is 1. The van der Waals surface area contributed by atoms with Crippen molar-refractivity contribution in [3.63, 3.8) is 0 Å². The number of rotatable bonds is 3. The van der Waals surface area contributed by atoms with Crippen LogP contribution in [0.15, 0.2) is 48.5 Å². The Morgan fingerprint density at radius 3 is 2.68 bits per heavy atom. The number of carbonyl (C=O) groups is 1.